The number of hydrogen-bond acceptors (Lipinski definition) is 3. The molecule has 0 saturated heterocycles. The normalized spacial score (nSPS) is 11.3. The molecule has 0 aliphatic rings. The van der Waals surface area contributed by atoms with Crippen LogP contribution in [0.25, 0.3) is 5.69 Å². The molecule has 2 amide bonds. The van der Waals surface area contributed by atoms with Crippen LogP contribution in [0.3, 0.4) is 0 Å². The number of nitrogens with zero attached hydrogens (tertiary/aromatic N) is 3. The van der Waals surface area contributed by atoms with Gasteiger partial charge in [0.25, 0.3) is 0 Å². The molecule has 0 aliphatic heterocycles. The summed E-state index contributed by atoms with van der Waals surface area (Å²) in [7, 11) is 1.66. The van der Waals surface area contributed by atoms with Gasteiger partial charge < -0.3 is 10.2 Å². The number of likely N-dealkylation sites (N-methyl/N-ethyl adjacent to an activating group) is 1. The van der Waals surface area contributed by atoms with Crippen molar-refractivity contribution in [1.82, 2.24) is 14.7 Å². The molecule has 1 N–H and O–H groups in total. The third-order valence-corrected chi connectivity index (χ3v) is 5.37. The van der Waals surface area contributed by atoms with Gasteiger partial charge in [-0.3, -0.25) is 9.59 Å². The van der Waals surface area contributed by atoms with Crippen molar-refractivity contribution in [2.45, 2.75) is 46.0 Å². The number of carbonyl (C=O) groups is 2. The SMILES string of the molecule is Cc1ccccc1-n1nc(C(C)(C)C)cc1NC(=O)CN(C)C(=O)CCc1ccccc1. The smallest absolute Gasteiger partial charge is 0.245 e. The maximum absolute atomic E-state index is 12.8. The van der Waals surface area contributed by atoms with E-state index in [4.69, 9.17) is 5.10 Å². The second kappa shape index (κ2) is 9.81. The highest BCUT2D eigenvalue weighted by Crippen LogP contribution is 2.27. The minimum Gasteiger partial charge on any atom is -0.336 e. The van der Waals surface area contributed by atoms with E-state index in [1.807, 2.05) is 67.6 Å². The summed E-state index contributed by atoms with van der Waals surface area (Å²) in [5, 5.41) is 7.72. The van der Waals surface area contributed by atoms with Gasteiger partial charge in [0.15, 0.2) is 0 Å². The van der Waals surface area contributed by atoms with Crippen LogP contribution in [-0.4, -0.2) is 40.1 Å². The Morgan fingerprint density at radius 1 is 1.03 bits per heavy atom. The van der Waals surface area contributed by atoms with Crippen molar-refractivity contribution in [3.05, 3.63) is 77.5 Å². The van der Waals surface area contributed by atoms with Crippen LogP contribution in [0.15, 0.2) is 60.7 Å². The van der Waals surface area contributed by atoms with Gasteiger partial charge in [0.1, 0.15) is 5.82 Å². The Morgan fingerprint density at radius 3 is 2.34 bits per heavy atom. The number of hydrogen-bond donors (Lipinski definition) is 1. The van der Waals surface area contributed by atoms with Crippen LogP contribution >= 0.6 is 0 Å². The zero-order valence-electron chi connectivity index (χ0n) is 19.6. The maximum Gasteiger partial charge on any atom is 0.245 e. The zero-order valence-corrected chi connectivity index (χ0v) is 19.6. The average Bonchev–Trinajstić information content (AvgIpc) is 3.17. The highest BCUT2D eigenvalue weighted by molar-refractivity contribution is 5.94. The first-order chi connectivity index (χ1) is 15.1. The summed E-state index contributed by atoms with van der Waals surface area (Å²) in [6.07, 6.45) is 1.02. The van der Waals surface area contributed by atoms with Crippen LogP contribution in [-0.2, 0) is 21.4 Å². The molecule has 2 aromatic carbocycles. The molecule has 0 spiro atoms. The molecule has 0 atom stereocenters. The van der Waals surface area contributed by atoms with E-state index in [0.717, 1.165) is 22.5 Å². The largest absolute Gasteiger partial charge is 0.336 e. The summed E-state index contributed by atoms with van der Waals surface area (Å²) in [5.41, 5.74) is 3.78. The van der Waals surface area contributed by atoms with Gasteiger partial charge in [0, 0.05) is 24.9 Å². The minimum absolute atomic E-state index is 0.0164. The fourth-order valence-electron chi connectivity index (χ4n) is 3.39. The van der Waals surface area contributed by atoms with Crippen LogP contribution in [0.1, 0.15) is 44.0 Å². The summed E-state index contributed by atoms with van der Waals surface area (Å²) in [6, 6.07) is 19.7. The molecule has 0 fully saturated rings. The Kier molecular flexibility index (Phi) is 7.13. The summed E-state index contributed by atoms with van der Waals surface area (Å²) < 4.78 is 1.77. The quantitative estimate of drug-likeness (QED) is 0.597. The van der Waals surface area contributed by atoms with E-state index < -0.39 is 0 Å². The number of aryl methyl sites for hydroxylation is 2. The molecule has 3 rings (SSSR count). The predicted molar refractivity (Wildman–Crippen MR) is 128 cm³/mol. The van der Waals surface area contributed by atoms with Gasteiger partial charge >= 0.3 is 0 Å². The topological polar surface area (TPSA) is 67.2 Å². The number of anilines is 1. The number of carbonyl (C=O) groups excluding carboxylic acids is 2. The standard InChI is InChI=1S/C26H32N4O2/c1-19-11-9-10-14-21(19)30-23(17-22(28-30)26(2,3)4)27-24(31)18-29(5)25(32)16-15-20-12-7-6-8-13-20/h6-14,17H,15-16,18H2,1-5H3,(H,27,31). The number of benzene rings is 2. The molecule has 1 heterocycles. The fourth-order valence-corrected chi connectivity index (χ4v) is 3.39. The molecule has 0 radical (unpaired) electrons. The molecule has 0 saturated carbocycles. The van der Waals surface area contributed by atoms with Crippen molar-refractivity contribution in [2.24, 2.45) is 0 Å². The van der Waals surface area contributed by atoms with Gasteiger partial charge in [-0.2, -0.15) is 5.10 Å². The van der Waals surface area contributed by atoms with E-state index in [0.29, 0.717) is 18.7 Å². The lowest BCUT2D eigenvalue weighted by molar-refractivity contribution is -0.133. The lowest BCUT2D eigenvalue weighted by atomic mass is 9.92. The predicted octanol–water partition coefficient (Wildman–Crippen LogP) is 4.51. The number of para-hydroxylation sites is 1. The first kappa shape index (κ1) is 23.3. The summed E-state index contributed by atoms with van der Waals surface area (Å²) in [5.74, 6) is 0.280. The highest BCUT2D eigenvalue weighted by atomic mass is 16.2. The molecular weight excluding hydrogens is 400 g/mol. The van der Waals surface area contributed by atoms with Gasteiger partial charge in [0.2, 0.25) is 11.8 Å². The number of aromatic nitrogens is 2. The van der Waals surface area contributed by atoms with Gasteiger partial charge in [-0.25, -0.2) is 4.68 Å². The summed E-state index contributed by atoms with van der Waals surface area (Å²) in [4.78, 5) is 26.8. The van der Waals surface area contributed by atoms with E-state index in [1.54, 1.807) is 11.7 Å². The molecule has 0 aliphatic carbocycles. The molecule has 168 valence electrons. The van der Waals surface area contributed by atoms with E-state index in [9.17, 15) is 9.59 Å². The van der Waals surface area contributed by atoms with Crippen molar-refractivity contribution in [2.75, 3.05) is 18.9 Å². The first-order valence-electron chi connectivity index (χ1n) is 10.9. The number of rotatable bonds is 7. The molecule has 0 unspecified atom stereocenters. The third kappa shape index (κ3) is 5.84. The zero-order chi connectivity index (χ0) is 23.3. The molecule has 0 bridgehead atoms. The summed E-state index contributed by atoms with van der Waals surface area (Å²) >= 11 is 0. The highest BCUT2D eigenvalue weighted by Gasteiger charge is 2.22. The van der Waals surface area contributed by atoms with Crippen molar-refractivity contribution < 1.29 is 9.59 Å². The van der Waals surface area contributed by atoms with Crippen molar-refractivity contribution in [3.63, 3.8) is 0 Å². The Morgan fingerprint density at radius 2 is 1.69 bits per heavy atom. The molecule has 3 aromatic rings. The maximum atomic E-state index is 12.8. The third-order valence-electron chi connectivity index (χ3n) is 5.37. The van der Waals surface area contributed by atoms with Gasteiger partial charge in [-0.1, -0.05) is 69.3 Å². The van der Waals surface area contributed by atoms with E-state index in [-0.39, 0.29) is 23.8 Å². The lowest BCUT2D eigenvalue weighted by Gasteiger charge is -2.17. The first-order valence-corrected chi connectivity index (χ1v) is 10.9. The average molecular weight is 433 g/mol. The second-order valence-corrected chi connectivity index (χ2v) is 9.15. The molecule has 1 aromatic heterocycles. The van der Waals surface area contributed by atoms with E-state index in [2.05, 4.69) is 26.1 Å². The van der Waals surface area contributed by atoms with E-state index in [1.165, 1.54) is 4.90 Å². The molecule has 6 nitrogen and oxygen atoms in total. The van der Waals surface area contributed by atoms with Gasteiger partial charge in [-0.15, -0.1) is 0 Å². The van der Waals surface area contributed by atoms with Crippen LogP contribution in [0.2, 0.25) is 0 Å². The van der Waals surface area contributed by atoms with E-state index >= 15 is 0 Å². The van der Waals surface area contributed by atoms with Crippen LogP contribution in [0.5, 0.6) is 0 Å². The number of amides is 2. The monoisotopic (exact) mass is 432 g/mol. The summed E-state index contributed by atoms with van der Waals surface area (Å²) in [6.45, 7) is 8.25. The minimum atomic E-state index is -0.254. The molecule has 6 heteroatoms. The van der Waals surface area contributed by atoms with Crippen LogP contribution in [0.4, 0.5) is 5.82 Å². The molecule has 32 heavy (non-hydrogen) atoms. The Labute approximate surface area is 190 Å². The van der Waals surface area contributed by atoms with Crippen LogP contribution < -0.4 is 5.32 Å². The number of nitrogens with one attached hydrogen (secondary N) is 1. The van der Waals surface area contributed by atoms with Gasteiger partial charge in [0.05, 0.1) is 17.9 Å². The van der Waals surface area contributed by atoms with Crippen molar-refractivity contribution >= 4 is 17.6 Å². The van der Waals surface area contributed by atoms with Crippen LogP contribution in [0, 0.1) is 6.92 Å². The molecular formula is C26H32N4O2. The van der Waals surface area contributed by atoms with Gasteiger partial charge in [-0.05, 0) is 30.5 Å². The Bertz CT molecular complexity index is 1080. The Hall–Kier alpha value is -3.41. The fraction of sp³-hybridized carbons (Fsp3) is 0.346. The van der Waals surface area contributed by atoms with Crippen molar-refractivity contribution in [1.29, 1.82) is 0 Å². The Balaban J connectivity index is 1.70. The second-order valence-electron chi connectivity index (χ2n) is 9.15. The lowest BCUT2D eigenvalue weighted by Crippen LogP contribution is -2.35. The van der Waals surface area contributed by atoms with Crippen molar-refractivity contribution in [3.8, 4) is 5.69 Å².